The third-order valence-electron chi connectivity index (χ3n) is 3.53. The molecule has 98 valence electrons. The molecule has 0 spiro atoms. The highest BCUT2D eigenvalue weighted by Gasteiger charge is 2.28. The van der Waals surface area contributed by atoms with Crippen molar-refractivity contribution in [3.8, 4) is 5.75 Å². The van der Waals surface area contributed by atoms with E-state index in [0.29, 0.717) is 12.3 Å². The molecule has 1 aromatic rings. The fraction of sp³-hybridized carbons (Fsp3) is 0.500. The van der Waals surface area contributed by atoms with E-state index in [1.807, 2.05) is 18.2 Å². The molecule has 1 fully saturated rings. The lowest BCUT2D eigenvalue weighted by molar-refractivity contribution is -0.127. The molecule has 1 aliphatic heterocycles. The zero-order valence-electron chi connectivity index (χ0n) is 10.7. The van der Waals surface area contributed by atoms with Crippen molar-refractivity contribution in [1.29, 1.82) is 0 Å². The molecule has 18 heavy (non-hydrogen) atoms. The molecule has 0 bridgehead atoms. The molecule has 2 rings (SSSR count). The molecule has 1 aromatic carbocycles. The van der Waals surface area contributed by atoms with Crippen LogP contribution in [0.5, 0.6) is 5.75 Å². The smallest absolute Gasteiger partial charge is 0.237 e. The standard InChI is InChI=1S/C14H20N2O2/c1-15-14(18)12-7-4-5-9-16(12)10-11-6-2-3-8-13(11)17/h2-3,6,8,12,17H,4-5,7,9-10H2,1H3,(H,15,18). The summed E-state index contributed by atoms with van der Waals surface area (Å²) in [5, 5.41) is 12.5. The lowest BCUT2D eigenvalue weighted by Crippen LogP contribution is -2.48. The summed E-state index contributed by atoms with van der Waals surface area (Å²) in [6, 6.07) is 7.25. The first-order chi connectivity index (χ1) is 8.72. The van der Waals surface area contributed by atoms with E-state index in [1.165, 1.54) is 0 Å². The number of likely N-dealkylation sites (tertiary alicyclic amines) is 1. The van der Waals surface area contributed by atoms with Gasteiger partial charge < -0.3 is 10.4 Å². The largest absolute Gasteiger partial charge is 0.508 e. The van der Waals surface area contributed by atoms with Gasteiger partial charge in [-0.05, 0) is 25.5 Å². The summed E-state index contributed by atoms with van der Waals surface area (Å²) >= 11 is 0. The third-order valence-corrected chi connectivity index (χ3v) is 3.53. The summed E-state index contributed by atoms with van der Waals surface area (Å²) in [7, 11) is 1.68. The van der Waals surface area contributed by atoms with E-state index in [1.54, 1.807) is 13.1 Å². The van der Waals surface area contributed by atoms with Crippen molar-refractivity contribution in [1.82, 2.24) is 10.2 Å². The summed E-state index contributed by atoms with van der Waals surface area (Å²) < 4.78 is 0. The number of phenols is 1. The fourth-order valence-electron chi connectivity index (χ4n) is 2.51. The maximum Gasteiger partial charge on any atom is 0.237 e. The summed E-state index contributed by atoms with van der Waals surface area (Å²) in [6.45, 7) is 1.54. The number of amides is 1. The Balaban J connectivity index is 2.10. The topological polar surface area (TPSA) is 52.6 Å². The Bertz CT molecular complexity index is 420. The van der Waals surface area contributed by atoms with Crippen molar-refractivity contribution < 1.29 is 9.90 Å². The van der Waals surface area contributed by atoms with E-state index in [-0.39, 0.29) is 11.9 Å². The molecule has 0 saturated carbocycles. The number of carbonyl (C=O) groups excluding carboxylic acids is 1. The summed E-state index contributed by atoms with van der Waals surface area (Å²) in [4.78, 5) is 14.0. The van der Waals surface area contributed by atoms with Crippen LogP contribution in [0.3, 0.4) is 0 Å². The number of rotatable bonds is 3. The monoisotopic (exact) mass is 248 g/mol. The minimum Gasteiger partial charge on any atom is -0.508 e. The van der Waals surface area contributed by atoms with E-state index < -0.39 is 0 Å². The Morgan fingerprint density at radius 2 is 2.22 bits per heavy atom. The van der Waals surface area contributed by atoms with Crippen molar-refractivity contribution in [3.05, 3.63) is 29.8 Å². The van der Waals surface area contributed by atoms with E-state index in [4.69, 9.17) is 0 Å². The minimum atomic E-state index is -0.0663. The molecule has 2 N–H and O–H groups in total. The third kappa shape index (κ3) is 2.82. The van der Waals surface area contributed by atoms with Gasteiger partial charge in [0.05, 0.1) is 6.04 Å². The van der Waals surface area contributed by atoms with Crippen molar-refractivity contribution >= 4 is 5.91 Å². The van der Waals surface area contributed by atoms with Crippen molar-refractivity contribution in [2.45, 2.75) is 31.8 Å². The lowest BCUT2D eigenvalue weighted by Gasteiger charge is -2.34. The molecule has 0 aliphatic carbocycles. The van der Waals surface area contributed by atoms with Gasteiger partial charge in [0.1, 0.15) is 5.75 Å². The van der Waals surface area contributed by atoms with Crippen LogP contribution in [0, 0.1) is 0 Å². The van der Waals surface area contributed by atoms with E-state index in [9.17, 15) is 9.90 Å². The number of phenolic OH excluding ortho intramolecular Hbond substituents is 1. The van der Waals surface area contributed by atoms with E-state index in [0.717, 1.165) is 31.4 Å². The maximum atomic E-state index is 11.8. The summed E-state index contributed by atoms with van der Waals surface area (Å²) in [5.41, 5.74) is 0.883. The summed E-state index contributed by atoms with van der Waals surface area (Å²) in [6.07, 6.45) is 3.10. The first-order valence-electron chi connectivity index (χ1n) is 6.45. The lowest BCUT2D eigenvalue weighted by atomic mass is 10.0. The molecule has 1 unspecified atom stereocenters. The molecule has 0 radical (unpaired) electrons. The normalized spacial score (nSPS) is 20.6. The van der Waals surface area contributed by atoms with Crippen LogP contribution in [0.15, 0.2) is 24.3 Å². The average molecular weight is 248 g/mol. The van der Waals surface area contributed by atoms with Gasteiger partial charge >= 0.3 is 0 Å². The number of benzene rings is 1. The highest BCUT2D eigenvalue weighted by atomic mass is 16.3. The Morgan fingerprint density at radius 1 is 1.44 bits per heavy atom. The van der Waals surface area contributed by atoms with Crippen LogP contribution >= 0.6 is 0 Å². The number of carbonyl (C=O) groups is 1. The SMILES string of the molecule is CNC(=O)C1CCCCN1Cc1ccccc1O. The molecule has 0 aromatic heterocycles. The molecular weight excluding hydrogens is 228 g/mol. The van der Waals surface area contributed by atoms with Crippen LogP contribution in [-0.2, 0) is 11.3 Å². The van der Waals surface area contributed by atoms with Gasteiger partial charge in [0.2, 0.25) is 5.91 Å². The van der Waals surface area contributed by atoms with Gasteiger partial charge in [-0.25, -0.2) is 0 Å². The summed E-state index contributed by atoms with van der Waals surface area (Å²) in [5.74, 6) is 0.379. The number of para-hydroxylation sites is 1. The van der Waals surface area contributed by atoms with Crippen LogP contribution in [0.4, 0.5) is 0 Å². The predicted molar refractivity (Wildman–Crippen MR) is 70.2 cm³/mol. The van der Waals surface area contributed by atoms with Gasteiger partial charge in [0, 0.05) is 19.2 Å². The molecule has 1 heterocycles. The maximum absolute atomic E-state index is 11.8. The number of hydrogen-bond acceptors (Lipinski definition) is 3. The first kappa shape index (κ1) is 12.9. The number of hydrogen-bond donors (Lipinski definition) is 2. The number of nitrogens with zero attached hydrogens (tertiary/aromatic N) is 1. The Kier molecular flexibility index (Phi) is 4.20. The van der Waals surface area contributed by atoms with Crippen LogP contribution in [0.2, 0.25) is 0 Å². The molecular formula is C14H20N2O2. The number of nitrogens with one attached hydrogen (secondary N) is 1. The van der Waals surface area contributed by atoms with Gasteiger partial charge in [0.25, 0.3) is 0 Å². The van der Waals surface area contributed by atoms with Crippen LogP contribution < -0.4 is 5.32 Å². The van der Waals surface area contributed by atoms with Gasteiger partial charge in [0.15, 0.2) is 0 Å². The molecule has 1 aliphatic rings. The minimum absolute atomic E-state index is 0.0663. The first-order valence-corrected chi connectivity index (χ1v) is 6.45. The fourth-order valence-corrected chi connectivity index (χ4v) is 2.51. The van der Waals surface area contributed by atoms with Gasteiger partial charge in [-0.3, -0.25) is 9.69 Å². The number of aromatic hydroxyl groups is 1. The molecule has 1 atom stereocenters. The number of likely N-dealkylation sites (N-methyl/N-ethyl adjacent to an activating group) is 1. The van der Waals surface area contributed by atoms with Crippen molar-refractivity contribution in [2.24, 2.45) is 0 Å². The number of piperidine rings is 1. The zero-order valence-corrected chi connectivity index (χ0v) is 10.7. The molecule has 4 heteroatoms. The van der Waals surface area contributed by atoms with Crippen LogP contribution in [-0.4, -0.2) is 35.5 Å². The second-order valence-electron chi connectivity index (χ2n) is 4.73. The van der Waals surface area contributed by atoms with Crippen LogP contribution in [0.1, 0.15) is 24.8 Å². The van der Waals surface area contributed by atoms with Gasteiger partial charge in [-0.2, -0.15) is 0 Å². The predicted octanol–water partition coefficient (Wildman–Crippen LogP) is 1.49. The molecule has 4 nitrogen and oxygen atoms in total. The Hall–Kier alpha value is -1.55. The van der Waals surface area contributed by atoms with E-state index >= 15 is 0 Å². The average Bonchev–Trinajstić information content (AvgIpc) is 2.41. The van der Waals surface area contributed by atoms with Crippen molar-refractivity contribution in [2.75, 3.05) is 13.6 Å². The van der Waals surface area contributed by atoms with Gasteiger partial charge in [-0.1, -0.05) is 24.6 Å². The quantitative estimate of drug-likeness (QED) is 0.852. The second-order valence-corrected chi connectivity index (χ2v) is 4.73. The van der Waals surface area contributed by atoms with E-state index in [2.05, 4.69) is 10.2 Å². The highest BCUT2D eigenvalue weighted by Crippen LogP contribution is 2.23. The second kappa shape index (κ2) is 5.87. The Labute approximate surface area is 108 Å². The van der Waals surface area contributed by atoms with Crippen LogP contribution in [0.25, 0.3) is 0 Å². The Morgan fingerprint density at radius 3 is 2.94 bits per heavy atom. The molecule has 1 saturated heterocycles. The van der Waals surface area contributed by atoms with Crippen molar-refractivity contribution in [3.63, 3.8) is 0 Å². The van der Waals surface area contributed by atoms with Gasteiger partial charge in [-0.15, -0.1) is 0 Å². The molecule has 1 amide bonds. The zero-order chi connectivity index (χ0) is 13.0. The highest BCUT2D eigenvalue weighted by molar-refractivity contribution is 5.81.